The molecule has 1 saturated heterocycles. The van der Waals surface area contributed by atoms with Gasteiger partial charge in [-0.25, -0.2) is 14.8 Å². The van der Waals surface area contributed by atoms with Gasteiger partial charge in [0.2, 0.25) is 11.8 Å². The van der Waals surface area contributed by atoms with Gasteiger partial charge in [-0.05, 0) is 18.9 Å². The number of hydrogen-bond donors (Lipinski definition) is 1. The second kappa shape index (κ2) is 7.91. The molecule has 3 heterocycles. The summed E-state index contributed by atoms with van der Waals surface area (Å²) < 4.78 is 5.13. The van der Waals surface area contributed by atoms with Crippen molar-refractivity contribution in [1.29, 1.82) is 0 Å². The Kier molecular flexibility index (Phi) is 5.42. The Bertz CT molecular complexity index is 691. The predicted octanol–water partition coefficient (Wildman–Crippen LogP) is 1.23. The van der Waals surface area contributed by atoms with Gasteiger partial charge < -0.3 is 19.6 Å². The summed E-state index contributed by atoms with van der Waals surface area (Å²) in [6.45, 7) is 3.84. The van der Waals surface area contributed by atoms with Gasteiger partial charge in [0, 0.05) is 45.0 Å². The van der Waals surface area contributed by atoms with Gasteiger partial charge in [0.15, 0.2) is 5.82 Å². The van der Waals surface area contributed by atoms with Crippen molar-refractivity contribution in [2.24, 2.45) is 0 Å². The molecule has 0 unspecified atom stereocenters. The second-order valence-corrected chi connectivity index (χ2v) is 6.10. The number of urea groups is 1. The standard InChI is InChI=1S/C16H23N7O2/c1-3-13-20-14(25-21-13)11-22(2)16(24)19-12-6-4-9-23(10-12)15-17-7-5-8-18-15/h5,7-8,12H,3-4,6,9-11H2,1-2H3,(H,19,24)/t12-/m1/s1. The van der Waals surface area contributed by atoms with Gasteiger partial charge in [0.25, 0.3) is 0 Å². The summed E-state index contributed by atoms with van der Waals surface area (Å²) in [6, 6.07) is 1.70. The number of carbonyl (C=O) groups is 1. The maximum absolute atomic E-state index is 12.4. The van der Waals surface area contributed by atoms with E-state index in [1.54, 1.807) is 30.4 Å². The van der Waals surface area contributed by atoms with Crippen molar-refractivity contribution in [1.82, 2.24) is 30.3 Å². The SMILES string of the molecule is CCc1noc(CN(C)C(=O)N[C@@H]2CCCN(c3ncccn3)C2)n1. The third-order valence-electron chi connectivity index (χ3n) is 4.13. The zero-order chi connectivity index (χ0) is 17.6. The molecule has 3 rings (SSSR count). The lowest BCUT2D eigenvalue weighted by atomic mass is 10.1. The summed E-state index contributed by atoms with van der Waals surface area (Å²) in [5.74, 6) is 1.79. The molecule has 0 aliphatic carbocycles. The normalized spacial score (nSPS) is 17.4. The van der Waals surface area contributed by atoms with E-state index in [9.17, 15) is 4.79 Å². The summed E-state index contributed by atoms with van der Waals surface area (Å²) in [5, 5.41) is 6.90. The maximum Gasteiger partial charge on any atom is 0.317 e. The summed E-state index contributed by atoms with van der Waals surface area (Å²) >= 11 is 0. The summed E-state index contributed by atoms with van der Waals surface area (Å²) in [4.78, 5) is 28.8. The Morgan fingerprint density at radius 2 is 2.24 bits per heavy atom. The number of aryl methyl sites for hydroxylation is 1. The summed E-state index contributed by atoms with van der Waals surface area (Å²) in [7, 11) is 1.71. The first-order valence-corrected chi connectivity index (χ1v) is 8.50. The average Bonchev–Trinajstić information content (AvgIpc) is 3.10. The number of nitrogens with one attached hydrogen (secondary N) is 1. The van der Waals surface area contributed by atoms with E-state index in [0.717, 1.165) is 19.4 Å². The van der Waals surface area contributed by atoms with E-state index in [-0.39, 0.29) is 18.6 Å². The molecule has 1 atom stereocenters. The molecule has 9 nitrogen and oxygen atoms in total. The van der Waals surface area contributed by atoms with Crippen LogP contribution in [0.4, 0.5) is 10.7 Å². The Hall–Kier alpha value is -2.71. The van der Waals surface area contributed by atoms with Crippen LogP contribution in [0.5, 0.6) is 0 Å². The van der Waals surface area contributed by atoms with Crippen LogP contribution in [0.3, 0.4) is 0 Å². The van der Waals surface area contributed by atoms with Crippen LogP contribution in [0.1, 0.15) is 31.5 Å². The summed E-state index contributed by atoms with van der Waals surface area (Å²) in [6.07, 6.45) is 6.08. The lowest BCUT2D eigenvalue weighted by Crippen LogP contribution is -2.51. The molecule has 0 bridgehead atoms. The van der Waals surface area contributed by atoms with Crippen LogP contribution in [-0.2, 0) is 13.0 Å². The maximum atomic E-state index is 12.4. The first-order chi connectivity index (χ1) is 12.2. The van der Waals surface area contributed by atoms with Crippen molar-refractivity contribution < 1.29 is 9.32 Å². The molecule has 134 valence electrons. The Labute approximate surface area is 146 Å². The molecule has 9 heteroatoms. The molecule has 25 heavy (non-hydrogen) atoms. The predicted molar refractivity (Wildman–Crippen MR) is 90.9 cm³/mol. The molecule has 1 aliphatic heterocycles. The quantitative estimate of drug-likeness (QED) is 0.870. The van der Waals surface area contributed by atoms with E-state index in [2.05, 4.69) is 30.3 Å². The highest BCUT2D eigenvalue weighted by Crippen LogP contribution is 2.15. The lowest BCUT2D eigenvalue weighted by molar-refractivity contribution is 0.194. The molecule has 1 N–H and O–H groups in total. The third kappa shape index (κ3) is 4.43. The van der Waals surface area contributed by atoms with Gasteiger partial charge in [0.1, 0.15) is 6.54 Å². The second-order valence-electron chi connectivity index (χ2n) is 6.10. The molecule has 1 aliphatic rings. The first-order valence-electron chi connectivity index (χ1n) is 8.50. The molecular weight excluding hydrogens is 322 g/mol. The minimum Gasteiger partial charge on any atom is -0.339 e. The zero-order valence-electron chi connectivity index (χ0n) is 14.6. The third-order valence-corrected chi connectivity index (χ3v) is 4.13. The molecule has 1 fully saturated rings. The van der Waals surface area contributed by atoms with Crippen LogP contribution in [0, 0.1) is 0 Å². The van der Waals surface area contributed by atoms with E-state index in [4.69, 9.17) is 4.52 Å². The van der Waals surface area contributed by atoms with Crippen LogP contribution in [0.15, 0.2) is 23.0 Å². The van der Waals surface area contributed by atoms with Gasteiger partial charge in [-0.3, -0.25) is 0 Å². The van der Waals surface area contributed by atoms with Crippen LogP contribution >= 0.6 is 0 Å². The Morgan fingerprint density at radius 3 is 2.96 bits per heavy atom. The van der Waals surface area contributed by atoms with Crippen molar-refractivity contribution in [2.75, 3.05) is 25.0 Å². The number of amides is 2. The van der Waals surface area contributed by atoms with E-state index in [1.807, 2.05) is 6.92 Å². The van der Waals surface area contributed by atoms with Crippen LogP contribution in [0.2, 0.25) is 0 Å². The highest BCUT2D eigenvalue weighted by Gasteiger charge is 2.24. The van der Waals surface area contributed by atoms with Gasteiger partial charge in [0.05, 0.1) is 0 Å². The number of aromatic nitrogens is 4. The van der Waals surface area contributed by atoms with Gasteiger partial charge in [-0.15, -0.1) is 0 Å². The van der Waals surface area contributed by atoms with Crippen LogP contribution in [-0.4, -0.2) is 57.2 Å². The van der Waals surface area contributed by atoms with Crippen molar-refractivity contribution >= 4 is 12.0 Å². The van der Waals surface area contributed by atoms with Crippen molar-refractivity contribution in [3.8, 4) is 0 Å². The average molecular weight is 345 g/mol. The molecule has 0 radical (unpaired) electrons. The zero-order valence-corrected chi connectivity index (χ0v) is 14.6. The molecule has 2 aromatic heterocycles. The molecule has 0 saturated carbocycles. The molecule has 2 aromatic rings. The highest BCUT2D eigenvalue weighted by molar-refractivity contribution is 5.74. The lowest BCUT2D eigenvalue weighted by Gasteiger charge is -2.33. The monoisotopic (exact) mass is 345 g/mol. The smallest absolute Gasteiger partial charge is 0.317 e. The molecule has 0 aromatic carbocycles. The van der Waals surface area contributed by atoms with Gasteiger partial charge in [-0.1, -0.05) is 12.1 Å². The number of nitrogens with zero attached hydrogens (tertiary/aromatic N) is 6. The first kappa shape index (κ1) is 17.1. The van der Waals surface area contributed by atoms with Crippen LogP contribution < -0.4 is 10.2 Å². The van der Waals surface area contributed by atoms with E-state index in [1.165, 1.54) is 0 Å². The fraction of sp³-hybridized carbons (Fsp3) is 0.562. The largest absolute Gasteiger partial charge is 0.339 e. The Morgan fingerprint density at radius 1 is 1.44 bits per heavy atom. The number of carbonyl (C=O) groups excluding carboxylic acids is 1. The number of rotatable bonds is 5. The van der Waals surface area contributed by atoms with Crippen molar-refractivity contribution in [3.63, 3.8) is 0 Å². The number of anilines is 1. The number of hydrogen-bond acceptors (Lipinski definition) is 7. The van der Waals surface area contributed by atoms with Gasteiger partial charge >= 0.3 is 6.03 Å². The van der Waals surface area contributed by atoms with E-state index in [0.29, 0.717) is 30.6 Å². The summed E-state index contributed by atoms with van der Waals surface area (Å²) in [5.41, 5.74) is 0. The minimum atomic E-state index is -0.155. The number of piperidine rings is 1. The van der Waals surface area contributed by atoms with Gasteiger partial charge in [-0.2, -0.15) is 4.98 Å². The van der Waals surface area contributed by atoms with Crippen molar-refractivity contribution in [3.05, 3.63) is 30.2 Å². The van der Waals surface area contributed by atoms with E-state index < -0.39 is 0 Å². The molecular formula is C16H23N7O2. The fourth-order valence-electron chi connectivity index (χ4n) is 2.79. The Balaban J connectivity index is 1.53. The topological polar surface area (TPSA) is 100 Å². The molecule has 0 spiro atoms. The fourth-order valence-corrected chi connectivity index (χ4v) is 2.79. The van der Waals surface area contributed by atoms with Crippen molar-refractivity contribution in [2.45, 2.75) is 38.8 Å². The minimum absolute atomic E-state index is 0.0568. The molecule has 2 amide bonds. The van der Waals surface area contributed by atoms with Crippen LogP contribution in [0.25, 0.3) is 0 Å². The van der Waals surface area contributed by atoms with E-state index >= 15 is 0 Å². The highest BCUT2D eigenvalue weighted by atomic mass is 16.5.